The number of alkyl halides is 3. The number of rotatable bonds is 6. The van der Waals surface area contributed by atoms with Gasteiger partial charge >= 0.3 is 12.2 Å². The highest BCUT2D eigenvalue weighted by Gasteiger charge is 2.30. The van der Waals surface area contributed by atoms with E-state index >= 15 is 0 Å². The lowest BCUT2D eigenvalue weighted by Gasteiger charge is -2.26. The summed E-state index contributed by atoms with van der Waals surface area (Å²) in [7, 11) is 0. The number of hydrogen-bond donors (Lipinski definition) is 2. The Hall–Kier alpha value is -4.29. The molecule has 5 rings (SSSR count). The van der Waals surface area contributed by atoms with Gasteiger partial charge in [0.1, 0.15) is 5.75 Å². The van der Waals surface area contributed by atoms with E-state index in [2.05, 4.69) is 25.5 Å². The van der Waals surface area contributed by atoms with Crippen molar-refractivity contribution in [2.45, 2.75) is 12.7 Å². The number of benzene rings is 3. The van der Waals surface area contributed by atoms with Crippen LogP contribution in [-0.4, -0.2) is 47.2 Å². The van der Waals surface area contributed by atoms with E-state index in [1.165, 1.54) is 24.3 Å². The molecule has 1 saturated heterocycles. The van der Waals surface area contributed by atoms with E-state index in [0.29, 0.717) is 36.5 Å². The van der Waals surface area contributed by atoms with Crippen LogP contribution >= 0.6 is 0 Å². The van der Waals surface area contributed by atoms with Gasteiger partial charge in [-0.05, 0) is 42.5 Å². The molecule has 0 unspecified atom stereocenters. The third-order valence-corrected chi connectivity index (χ3v) is 5.92. The van der Waals surface area contributed by atoms with Crippen molar-refractivity contribution in [3.05, 3.63) is 83.9 Å². The van der Waals surface area contributed by atoms with Gasteiger partial charge in [-0.25, -0.2) is 14.2 Å². The first kappa shape index (κ1) is 26.3. The normalized spacial score (nSPS) is 14.3. The second kappa shape index (κ2) is 11.2. The number of nitrogens with zero attached hydrogens (tertiary/aromatic N) is 3. The number of morpholine rings is 1. The molecule has 3 aromatic carbocycles. The van der Waals surface area contributed by atoms with E-state index < -0.39 is 23.6 Å². The van der Waals surface area contributed by atoms with Crippen LogP contribution in [0.15, 0.2) is 66.9 Å². The van der Waals surface area contributed by atoms with Crippen LogP contribution in [0.5, 0.6) is 11.5 Å². The average molecular weight is 542 g/mol. The van der Waals surface area contributed by atoms with Crippen LogP contribution in [0, 0.1) is 5.82 Å². The summed E-state index contributed by atoms with van der Waals surface area (Å²) in [5.41, 5.74) is 1.19. The van der Waals surface area contributed by atoms with E-state index in [0.717, 1.165) is 37.0 Å². The van der Waals surface area contributed by atoms with Crippen molar-refractivity contribution < 1.29 is 31.8 Å². The molecule has 0 radical (unpaired) electrons. The van der Waals surface area contributed by atoms with Crippen molar-refractivity contribution >= 4 is 28.4 Å². The molecule has 8 nitrogen and oxygen atoms in total. The zero-order chi connectivity index (χ0) is 27.4. The van der Waals surface area contributed by atoms with Crippen LogP contribution in [0.3, 0.4) is 0 Å². The fourth-order valence-electron chi connectivity index (χ4n) is 4.01. The molecule has 1 fully saturated rings. The van der Waals surface area contributed by atoms with Gasteiger partial charge in [0.2, 0.25) is 0 Å². The Morgan fingerprint density at radius 1 is 0.974 bits per heavy atom. The number of aromatic nitrogens is 2. The van der Waals surface area contributed by atoms with Gasteiger partial charge in [-0.15, -0.1) is 0 Å². The number of urea groups is 1. The van der Waals surface area contributed by atoms with E-state index in [9.17, 15) is 22.4 Å². The molecule has 2 N–H and O–H groups in total. The molecule has 202 valence electrons. The van der Waals surface area contributed by atoms with Gasteiger partial charge in [0.15, 0.2) is 11.6 Å². The van der Waals surface area contributed by atoms with Crippen molar-refractivity contribution in [3.63, 3.8) is 0 Å². The molecule has 2 amide bonds. The molecule has 1 aromatic heterocycles. The lowest BCUT2D eigenvalue weighted by molar-refractivity contribution is -0.137. The average Bonchev–Trinajstić information content (AvgIpc) is 2.90. The second-order valence-corrected chi connectivity index (χ2v) is 8.81. The molecule has 0 atom stereocenters. The third-order valence-electron chi connectivity index (χ3n) is 5.92. The highest BCUT2D eigenvalue weighted by Crippen LogP contribution is 2.31. The molecule has 0 spiro atoms. The minimum Gasteiger partial charge on any atom is -0.454 e. The summed E-state index contributed by atoms with van der Waals surface area (Å²) < 4.78 is 64.5. The Labute approximate surface area is 220 Å². The summed E-state index contributed by atoms with van der Waals surface area (Å²) in [6.07, 6.45) is -2.82. The van der Waals surface area contributed by atoms with Gasteiger partial charge in [0.25, 0.3) is 0 Å². The molecule has 1 aliphatic rings. The first-order valence-electron chi connectivity index (χ1n) is 12.0. The molecule has 1 aliphatic heterocycles. The number of anilines is 2. The van der Waals surface area contributed by atoms with Crippen LogP contribution in [0.25, 0.3) is 11.0 Å². The van der Waals surface area contributed by atoms with Crippen LogP contribution in [0.1, 0.15) is 11.3 Å². The molecular weight excluding hydrogens is 518 g/mol. The zero-order valence-corrected chi connectivity index (χ0v) is 20.5. The molecule has 2 heterocycles. The summed E-state index contributed by atoms with van der Waals surface area (Å²) in [5.74, 6) is -0.489. The largest absolute Gasteiger partial charge is 0.454 e. The molecule has 12 heteroatoms. The number of carbonyl (C=O) groups excluding carboxylic acids is 1. The molecule has 0 aliphatic carbocycles. The lowest BCUT2D eigenvalue weighted by Crippen LogP contribution is -2.35. The number of ether oxygens (including phenoxy) is 2. The summed E-state index contributed by atoms with van der Waals surface area (Å²) >= 11 is 0. The first-order valence-corrected chi connectivity index (χ1v) is 12.0. The predicted molar refractivity (Wildman–Crippen MR) is 136 cm³/mol. The van der Waals surface area contributed by atoms with Crippen molar-refractivity contribution in [1.82, 2.24) is 14.9 Å². The van der Waals surface area contributed by atoms with Crippen LogP contribution in [0.2, 0.25) is 0 Å². The van der Waals surface area contributed by atoms with E-state index in [-0.39, 0.29) is 17.1 Å². The van der Waals surface area contributed by atoms with E-state index in [1.807, 2.05) is 0 Å². The molecular formula is C27H23F4N5O3. The number of halogens is 4. The maximum atomic E-state index is 14.8. The van der Waals surface area contributed by atoms with Gasteiger partial charge in [-0.3, -0.25) is 9.88 Å². The van der Waals surface area contributed by atoms with E-state index in [4.69, 9.17) is 9.47 Å². The molecule has 0 saturated carbocycles. The maximum Gasteiger partial charge on any atom is 0.416 e. The fourth-order valence-corrected chi connectivity index (χ4v) is 4.01. The second-order valence-electron chi connectivity index (χ2n) is 8.81. The van der Waals surface area contributed by atoms with E-state index in [1.54, 1.807) is 24.4 Å². The van der Waals surface area contributed by atoms with Gasteiger partial charge in [0, 0.05) is 43.1 Å². The van der Waals surface area contributed by atoms with Crippen molar-refractivity contribution in [2.75, 3.05) is 36.9 Å². The van der Waals surface area contributed by atoms with Crippen LogP contribution in [0.4, 0.5) is 33.7 Å². The van der Waals surface area contributed by atoms with Crippen LogP contribution < -0.4 is 15.4 Å². The van der Waals surface area contributed by atoms with Crippen LogP contribution in [-0.2, 0) is 17.5 Å². The summed E-state index contributed by atoms with van der Waals surface area (Å²) in [4.78, 5) is 23.6. The van der Waals surface area contributed by atoms with Crippen molar-refractivity contribution in [2.24, 2.45) is 0 Å². The number of fused-ring (bicyclic) bond motifs is 1. The topological polar surface area (TPSA) is 88.6 Å². The monoisotopic (exact) mass is 541 g/mol. The van der Waals surface area contributed by atoms with Gasteiger partial charge in [0.05, 0.1) is 41.7 Å². The van der Waals surface area contributed by atoms with Crippen molar-refractivity contribution in [1.29, 1.82) is 0 Å². The smallest absolute Gasteiger partial charge is 0.416 e. The summed E-state index contributed by atoms with van der Waals surface area (Å²) in [6, 6.07) is 12.2. The Morgan fingerprint density at radius 3 is 2.49 bits per heavy atom. The Balaban J connectivity index is 1.23. The van der Waals surface area contributed by atoms with Crippen molar-refractivity contribution in [3.8, 4) is 11.5 Å². The number of carbonyl (C=O) groups is 1. The Morgan fingerprint density at radius 2 is 1.74 bits per heavy atom. The number of nitrogens with one attached hydrogen (secondary N) is 2. The quantitative estimate of drug-likeness (QED) is 0.289. The highest BCUT2D eigenvalue weighted by molar-refractivity contribution is 5.99. The molecule has 39 heavy (non-hydrogen) atoms. The van der Waals surface area contributed by atoms with Gasteiger partial charge in [-0.2, -0.15) is 13.2 Å². The van der Waals surface area contributed by atoms with Gasteiger partial charge < -0.3 is 20.1 Å². The Kier molecular flexibility index (Phi) is 7.57. The highest BCUT2D eigenvalue weighted by atomic mass is 19.4. The fraction of sp³-hybridized carbons (Fsp3) is 0.222. The Bertz CT molecular complexity index is 1490. The SMILES string of the molecule is O=C(Nc1cccc(C(F)(F)F)c1)Nc1ccc(Oc2ccc3ncc(CN4CCOCC4)nc3c2)c(F)c1. The maximum absolute atomic E-state index is 14.8. The first-order chi connectivity index (χ1) is 18.7. The number of amides is 2. The zero-order valence-electron chi connectivity index (χ0n) is 20.5. The standard InChI is InChI=1S/C27H23F4N5O3/c28-22-13-19(35-26(37)34-18-3-1-2-17(12-18)27(29,30)31)4-7-25(22)39-21-5-6-23-24(14-21)33-20(15-32-23)16-36-8-10-38-11-9-36/h1-7,12-15H,8-11,16H2,(H2,34,35,37). The van der Waals surface area contributed by atoms with Gasteiger partial charge in [-0.1, -0.05) is 6.07 Å². The lowest BCUT2D eigenvalue weighted by atomic mass is 10.2. The number of hydrogen-bond acceptors (Lipinski definition) is 6. The molecule has 0 bridgehead atoms. The summed E-state index contributed by atoms with van der Waals surface area (Å²) in [5, 5.41) is 4.69. The third kappa shape index (κ3) is 6.78. The molecule has 4 aromatic rings. The minimum absolute atomic E-state index is 0.0599. The summed E-state index contributed by atoms with van der Waals surface area (Å²) in [6.45, 7) is 3.64. The minimum atomic E-state index is -4.55. The predicted octanol–water partition coefficient (Wildman–Crippen LogP) is 6.06.